The Balaban J connectivity index is 1.80. The van der Waals surface area contributed by atoms with Gasteiger partial charge in [0.2, 0.25) is 0 Å². The number of carbonyl (C=O) groups is 1. The Kier molecular flexibility index (Phi) is 3.52. The molecule has 104 valence electrons. The van der Waals surface area contributed by atoms with Gasteiger partial charge in [-0.3, -0.25) is 4.79 Å². The Morgan fingerprint density at radius 3 is 2.75 bits per heavy atom. The zero-order chi connectivity index (χ0) is 13.9. The fraction of sp³-hybridized carbons (Fsp3) is 0.333. The molecule has 1 aliphatic carbocycles. The molecular weight excluding hydrogens is 254 g/mol. The van der Waals surface area contributed by atoms with Crippen molar-refractivity contribution in [2.75, 3.05) is 13.2 Å². The quantitative estimate of drug-likeness (QED) is 0.896. The number of aromatic nitrogens is 2. The first-order valence-electron chi connectivity index (χ1n) is 6.81. The first kappa shape index (κ1) is 12.9. The number of hydrogen-bond acceptors (Lipinski definition) is 3. The number of para-hydroxylation sites is 1. The van der Waals surface area contributed by atoms with Crippen molar-refractivity contribution in [2.45, 2.75) is 18.9 Å². The molecule has 1 aliphatic rings. The minimum atomic E-state index is -0.0521. The summed E-state index contributed by atoms with van der Waals surface area (Å²) in [6.45, 7) is 0.384. The second-order valence-corrected chi connectivity index (χ2v) is 4.96. The number of aliphatic hydroxyl groups is 1. The normalized spacial score (nSPS) is 14.2. The number of carbonyl (C=O) groups excluding carboxylic acids is 1. The molecule has 2 aromatic rings. The highest BCUT2D eigenvalue weighted by molar-refractivity contribution is 5.94. The molecule has 1 N–H and O–H groups in total. The topological polar surface area (TPSA) is 58.4 Å². The summed E-state index contributed by atoms with van der Waals surface area (Å²) in [6.07, 6.45) is 5.38. The van der Waals surface area contributed by atoms with Crippen LogP contribution in [0.1, 0.15) is 23.2 Å². The molecule has 1 heterocycles. The molecule has 1 fully saturated rings. The zero-order valence-corrected chi connectivity index (χ0v) is 11.1. The molecule has 0 spiro atoms. The highest BCUT2D eigenvalue weighted by Gasteiger charge is 2.33. The maximum Gasteiger partial charge on any atom is 0.257 e. The van der Waals surface area contributed by atoms with Crippen LogP contribution in [-0.2, 0) is 0 Å². The van der Waals surface area contributed by atoms with E-state index in [2.05, 4.69) is 5.10 Å². The van der Waals surface area contributed by atoms with Gasteiger partial charge in [-0.25, -0.2) is 4.68 Å². The van der Waals surface area contributed by atoms with Crippen molar-refractivity contribution in [3.05, 3.63) is 48.3 Å². The molecule has 3 rings (SSSR count). The molecule has 0 radical (unpaired) electrons. The third kappa shape index (κ3) is 2.58. The smallest absolute Gasteiger partial charge is 0.257 e. The number of benzene rings is 1. The second kappa shape index (κ2) is 5.46. The summed E-state index contributed by atoms with van der Waals surface area (Å²) in [6, 6.07) is 9.97. The molecule has 5 heteroatoms. The number of rotatable bonds is 5. The third-order valence-electron chi connectivity index (χ3n) is 3.44. The van der Waals surface area contributed by atoms with Crippen molar-refractivity contribution < 1.29 is 9.90 Å². The fourth-order valence-electron chi connectivity index (χ4n) is 2.26. The molecule has 0 saturated heterocycles. The minimum absolute atomic E-state index is 0.00490. The van der Waals surface area contributed by atoms with Crippen molar-refractivity contribution in [1.29, 1.82) is 0 Å². The van der Waals surface area contributed by atoms with Gasteiger partial charge in [0.15, 0.2) is 0 Å². The van der Waals surface area contributed by atoms with Crippen molar-refractivity contribution in [1.82, 2.24) is 14.7 Å². The SMILES string of the molecule is O=C(c1cnn(-c2ccccc2)c1)N(CCO)C1CC1. The molecule has 5 nitrogen and oxygen atoms in total. The van der Waals surface area contributed by atoms with E-state index >= 15 is 0 Å². The van der Waals surface area contributed by atoms with E-state index in [1.54, 1.807) is 22.0 Å². The molecule has 0 atom stereocenters. The maximum atomic E-state index is 12.4. The summed E-state index contributed by atoms with van der Waals surface area (Å²) in [4.78, 5) is 14.2. The van der Waals surface area contributed by atoms with Gasteiger partial charge in [0.1, 0.15) is 0 Å². The van der Waals surface area contributed by atoms with Gasteiger partial charge in [0, 0.05) is 18.8 Å². The second-order valence-electron chi connectivity index (χ2n) is 4.96. The molecule has 1 aromatic carbocycles. The highest BCUT2D eigenvalue weighted by Crippen LogP contribution is 2.28. The van der Waals surface area contributed by atoms with Gasteiger partial charge < -0.3 is 10.0 Å². The Morgan fingerprint density at radius 1 is 1.35 bits per heavy atom. The Hall–Kier alpha value is -2.14. The predicted octanol–water partition coefficient (Wildman–Crippen LogP) is 1.47. The van der Waals surface area contributed by atoms with Crippen LogP contribution in [-0.4, -0.2) is 44.9 Å². The fourth-order valence-corrected chi connectivity index (χ4v) is 2.26. The average Bonchev–Trinajstić information content (AvgIpc) is 3.21. The molecule has 0 unspecified atom stereocenters. The van der Waals surface area contributed by atoms with Crippen molar-refractivity contribution in [2.24, 2.45) is 0 Å². The van der Waals surface area contributed by atoms with Crippen LogP contribution in [0.4, 0.5) is 0 Å². The average molecular weight is 271 g/mol. The first-order chi connectivity index (χ1) is 9.79. The van der Waals surface area contributed by atoms with E-state index < -0.39 is 0 Å². The van der Waals surface area contributed by atoms with Gasteiger partial charge in [-0.2, -0.15) is 5.10 Å². The van der Waals surface area contributed by atoms with E-state index in [9.17, 15) is 4.79 Å². The van der Waals surface area contributed by atoms with Crippen LogP contribution in [0.2, 0.25) is 0 Å². The standard InChI is InChI=1S/C15H17N3O2/c19-9-8-17(13-6-7-13)15(20)12-10-16-18(11-12)14-4-2-1-3-5-14/h1-5,10-11,13,19H,6-9H2. The lowest BCUT2D eigenvalue weighted by atomic mass is 10.3. The Morgan fingerprint density at radius 2 is 2.10 bits per heavy atom. The monoisotopic (exact) mass is 271 g/mol. The summed E-state index contributed by atoms with van der Waals surface area (Å²) >= 11 is 0. The Bertz CT molecular complexity index is 590. The third-order valence-corrected chi connectivity index (χ3v) is 3.44. The highest BCUT2D eigenvalue weighted by atomic mass is 16.3. The lowest BCUT2D eigenvalue weighted by Gasteiger charge is -2.20. The number of hydrogen-bond donors (Lipinski definition) is 1. The van der Waals surface area contributed by atoms with Crippen molar-refractivity contribution in [3.63, 3.8) is 0 Å². The van der Waals surface area contributed by atoms with E-state index in [0.29, 0.717) is 12.1 Å². The molecule has 0 bridgehead atoms. The van der Waals surface area contributed by atoms with Crippen LogP contribution in [0.15, 0.2) is 42.7 Å². The van der Waals surface area contributed by atoms with Gasteiger partial charge in [0.25, 0.3) is 5.91 Å². The van der Waals surface area contributed by atoms with Gasteiger partial charge in [0.05, 0.1) is 24.1 Å². The lowest BCUT2D eigenvalue weighted by molar-refractivity contribution is 0.0707. The van der Waals surface area contributed by atoms with Crippen LogP contribution in [0.25, 0.3) is 5.69 Å². The first-order valence-corrected chi connectivity index (χ1v) is 6.81. The van der Waals surface area contributed by atoms with E-state index in [-0.39, 0.29) is 18.6 Å². The molecule has 1 aromatic heterocycles. The van der Waals surface area contributed by atoms with Crippen LogP contribution in [0.3, 0.4) is 0 Å². The summed E-state index contributed by atoms with van der Waals surface area (Å²) in [7, 11) is 0. The number of aliphatic hydroxyl groups excluding tert-OH is 1. The number of amides is 1. The van der Waals surface area contributed by atoms with E-state index in [0.717, 1.165) is 18.5 Å². The molecule has 1 amide bonds. The van der Waals surface area contributed by atoms with E-state index in [1.165, 1.54) is 0 Å². The van der Waals surface area contributed by atoms with Crippen LogP contribution in [0, 0.1) is 0 Å². The van der Waals surface area contributed by atoms with Crippen LogP contribution in [0.5, 0.6) is 0 Å². The van der Waals surface area contributed by atoms with E-state index in [4.69, 9.17) is 5.11 Å². The largest absolute Gasteiger partial charge is 0.395 e. The van der Waals surface area contributed by atoms with Gasteiger partial charge in [-0.1, -0.05) is 18.2 Å². The molecule has 1 saturated carbocycles. The van der Waals surface area contributed by atoms with Crippen LogP contribution < -0.4 is 0 Å². The zero-order valence-electron chi connectivity index (χ0n) is 11.1. The predicted molar refractivity (Wildman–Crippen MR) is 74.7 cm³/mol. The van der Waals surface area contributed by atoms with Gasteiger partial charge >= 0.3 is 0 Å². The summed E-state index contributed by atoms with van der Waals surface area (Å²) < 4.78 is 1.69. The maximum absolute atomic E-state index is 12.4. The minimum Gasteiger partial charge on any atom is -0.395 e. The van der Waals surface area contributed by atoms with E-state index in [1.807, 2.05) is 30.3 Å². The van der Waals surface area contributed by atoms with Crippen molar-refractivity contribution in [3.8, 4) is 5.69 Å². The summed E-state index contributed by atoms with van der Waals surface area (Å²) in [5.74, 6) is -0.0521. The summed E-state index contributed by atoms with van der Waals surface area (Å²) in [5.41, 5.74) is 1.49. The van der Waals surface area contributed by atoms with Gasteiger partial charge in [-0.05, 0) is 25.0 Å². The molecular formula is C15H17N3O2. The molecule has 0 aliphatic heterocycles. The van der Waals surface area contributed by atoms with Crippen LogP contribution >= 0.6 is 0 Å². The van der Waals surface area contributed by atoms with Crippen molar-refractivity contribution >= 4 is 5.91 Å². The Labute approximate surface area is 117 Å². The van der Waals surface area contributed by atoms with Gasteiger partial charge in [-0.15, -0.1) is 0 Å². The molecule has 20 heavy (non-hydrogen) atoms. The lowest BCUT2D eigenvalue weighted by Crippen LogP contribution is -2.35. The number of nitrogens with zero attached hydrogens (tertiary/aromatic N) is 3. The summed E-state index contributed by atoms with van der Waals surface area (Å²) in [5, 5.41) is 13.3.